The summed E-state index contributed by atoms with van der Waals surface area (Å²) in [5, 5.41) is 4.66. The monoisotopic (exact) mass is 300 g/mol. The Labute approximate surface area is 114 Å². The fourth-order valence-electron chi connectivity index (χ4n) is 1.98. The van der Waals surface area contributed by atoms with E-state index in [1.807, 2.05) is 18.3 Å². The van der Waals surface area contributed by atoms with E-state index in [1.165, 1.54) is 16.5 Å². The lowest BCUT2D eigenvalue weighted by Gasteiger charge is -2.06. The quantitative estimate of drug-likeness (QED) is 0.730. The molecule has 0 saturated carbocycles. The Morgan fingerprint density at radius 1 is 1.00 bits per heavy atom. The lowest BCUT2D eigenvalue weighted by atomic mass is 10.1. The molecule has 0 unspecified atom stereocenters. The molecule has 3 rings (SSSR count). The lowest BCUT2D eigenvalue weighted by molar-refractivity contribution is 1.15. The molecule has 0 fully saturated rings. The third-order valence-electron chi connectivity index (χ3n) is 2.96. The predicted octanol–water partition coefficient (Wildman–Crippen LogP) is 4.54. The SMILES string of the molecule is Brc1ccc(NCc2ccc3cc[nH]c3c2)cc1. The lowest BCUT2D eigenvalue weighted by Crippen LogP contribution is -1.98. The maximum absolute atomic E-state index is 3.43. The first-order valence-electron chi connectivity index (χ1n) is 5.87. The third kappa shape index (κ3) is 2.41. The average Bonchev–Trinajstić information content (AvgIpc) is 2.85. The van der Waals surface area contributed by atoms with Crippen LogP contribution in [0, 0.1) is 0 Å². The molecule has 0 spiro atoms. The van der Waals surface area contributed by atoms with E-state index in [0.717, 1.165) is 16.7 Å². The first-order valence-corrected chi connectivity index (χ1v) is 6.66. The van der Waals surface area contributed by atoms with Crippen LogP contribution in [0.4, 0.5) is 5.69 Å². The number of benzene rings is 2. The smallest absolute Gasteiger partial charge is 0.0457 e. The molecule has 1 aromatic heterocycles. The van der Waals surface area contributed by atoms with Crippen molar-refractivity contribution in [1.29, 1.82) is 0 Å². The second-order valence-corrected chi connectivity index (χ2v) is 5.18. The zero-order valence-electron chi connectivity index (χ0n) is 9.78. The van der Waals surface area contributed by atoms with Crippen LogP contribution in [0.3, 0.4) is 0 Å². The van der Waals surface area contributed by atoms with Gasteiger partial charge in [-0.3, -0.25) is 0 Å². The summed E-state index contributed by atoms with van der Waals surface area (Å²) in [6, 6.07) is 16.8. The minimum Gasteiger partial charge on any atom is -0.381 e. The van der Waals surface area contributed by atoms with Gasteiger partial charge in [0, 0.05) is 28.4 Å². The maximum atomic E-state index is 3.43. The summed E-state index contributed by atoms with van der Waals surface area (Å²) in [5.41, 5.74) is 3.59. The highest BCUT2D eigenvalue weighted by Crippen LogP contribution is 2.17. The third-order valence-corrected chi connectivity index (χ3v) is 3.49. The van der Waals surface area contributed by atoms with Gasteiger partial charge in [-0.15, -0.1) is 0 Å². The molecule has 3 heteroatoms. The molecule has 3 aromatic rings. The number of hydrogen-bond donors (Lipinski definition) is 2. The molecule has 90 valence electrons. The van der Waals surface area contributed by atoms with Crippen LogP contribution < -0.4 is 5.32 Å². The normalized spacial score (nSPS) is 10.7. The van der Waals surface area contributed by atoms with Gasteiger partial charge in [-0.1, -0.05) is 28.1 Å². The number of nitrogens with one attached hydrogen (secondary N) is 2. The number of fused-ring (bicyclic) bond motifs is 1. The molecule has 0 radical (unpaired) electrons. The first-order chi connectivity index (χ1) is 8.81. The number of aromatic nitrogens is 1. The van der Waals surface area contributed by atoms with Crippen LogP contribution in [0.25, 0.3) is 10.9 Å². The molecule has 0 aliphatic rings. The largest absolute Gasteiger partial charge is 0.381 e. The maximum Gasteiger partial charge on any atom is 0.0457 e. The number of rotatable bonds is 3. The van der Waals surface area contributed by atoms with E-state index in [1.54, 1.807) is 0 Å². The Morgan fingerprint density at radius 3 is 2.67 bits per heavy atom. The Balaban J connectivity index is 1.74. The van der Waals surface area contributed by atoms with E-state index in [-0.39, 0.29) is 0 Å². The van der Waals surface area contributed by atoms with Crippen molar-refractivity contribution in [2.24, 2.45) is 0 Å². The summed E-state index contributed by atoms with van der Waals surface area (Å²) < 4.78 is 1.10. The predicted molar refractivity (Wildman–Crippen MR) is 79.8 cm³/mol. The molecule has 2 N–H and O–H groups in total. The van der Waals surface area contributed by atoms with E-state index in [2.05, 4.69) is 62.6 Å². The number of hydrogen-bond acceptors (Lipinski definition) is 1. The zero-order valence-corrected chi connectivity index (χ0v) is 11.4. The van der Waals surface area contributed by atoms with Gasteiger partial charge in [0.15, 0.2) is 0 Å². The van der Waals surface area contributed by atoms with Crippen LogP contribution in [0.1, 0.15) is 5.56 Å². The number of aromatic amines is 1. The molecule has 0 aliphatic heterocycles. The molecule has 2 aromatic carbocycles. The van der Waals surface area contributed by atoms with Crippen LogP contribution >= 0.6 is 15.9 Å². The fourth-order valence-corrected chi connectivity index (χ4v) is 2.24. The summed E-state index contributed by atoms with van der Waals surface area (Å²) in [6.45, 7) is 0.830. The molecular weight excluding hydrogens is 288 g/mol. The highest BCUT2D eigenvalue weighted by molar-refractivity contribution is 9.10. The summed E-state index contributed by atoms with van der Waals surface area (Å²) in [4.78, 5) is 3.23. The Morgan fingerprint density at radius 2 is 1.83 bits per heavy atom. The van der Waals surface area contributed by atoms with Crippen LogP contribution in [0.15, 0.2) is 59.2 Å². The highest BCUT2D eigenvalue weighted by atomic mass is 79.9. The molecule has 0 saturated heterocycles. The number of anilines is 1. The topological polar surface area (TPSA) is 27.8 Å². The minimum atomic E-state index is 0.830. The van der Waals surface area contributed by atoms with Gasteiger partial charge >= 0.3 is 0 Å². The highest BCUT2D eigenvalue weighted by Gasteiger charge is 1.98. The standard InChI is InChI=1S/C15H13BrN2/c16-13-3-5-14(6-4-13)18-10-11-1-2-12-7-8-17-15(12)9-11/h1-9,17-18H,10H2. The van der Waals surface area contributed by atoms with Crippen LogP contribution in [-0.4, -0.2) is 4.98 Å². The Kier molecular flexibility index (Phi) is 3.07. The van der Waals surface area contributed by atoms with E-state index in [4.69, 9.17) is 0 Å². The van der Waals surface area contributed by atoms with Crippen molar-refractivity contribution in [3.05, 3.63) is 64.8 Å². The molecule has 18 heavy (non-hydrogen) atoms. The molecule has 1 heterocycles. The summed E-state index contributed by atoms with van der Waals surface area (Å²) in [5.74, 6) is 0. The van der Waals surface area contributed by atoms with Gasteiger partial charge in [-0.05, 0) is 47.3 Å². The summed E-state index contributed by atoms with van der Waals surface area (Å²) in [6.07, 6.45) is 1.97. The molecule has 0 amide bonds. The second kappa shape index (κ2) is 4.86. The summed E-state index contributed by atoms with van der Waals surface area (Å²) in [7, 11) is 0. The van der Waals surface area contributed by atoms with Gasteiger partial charge in [-0.25, -0.2) is 0 Å². The molecule has 2 nitrogen and oxygen atoms in total. The van der Waals surface area contributed by atoms with Crippen molar-refractivity contribution >= 4 is 32.5 Å². The van der Waals surface area contributed by atoms with Crippen molar-refractivity contribution in [3.8, 4) is 0 Å². The van der Waals surface area contributed by atoms with Gasteiger partial charge in [0.2, 0.25) is 0 Å². The van der Waals surface area contributed by atoms with Crippen molar-refractivity contribution in [3.63, 3.8) is 0 Å². The van der Waals surface area contributed by atoms with Crippen LogP contribution in [0.5, 0.6) is 0 Å². The molecule has 0 aliphatic carbocycles. The van der Waals surface area contributed by atoms with Crippen molar-refractivity contribution in [2.45, 2.75) is 6.54 Å². The van der Waals surface area contributed by atoms with Crippen molar-refractivity contribution in [1.82, 2.24) is 4.98 Å². The summed E-state index contributed by atoms with van der Waals surface area (Å²) >= 11 is 3.43. The van der Waals surface area contributed by atoms with E-state index in [9.17, 15) is 0 Å². The molecular formula is C15H13BrN2. The van der Waals surface area contributed by atoms with Crippen LogP contribution in [0.2, 0.25) is 0 Å². The van der Waals surface area contributed by atoms with Crippen LogP contribution in [-0.2, 0) is 6.54 Å². The first kappa shape index (κ1) is 11.4. The van der Waals surface area contributed by atoms with E-state index < -0.39 is 0 Å². The van der Waals surface area contributed by atoms with Gasteiger partial charge < -0.3 is 10.3 Å². The van der Waals surface area contributed by atoms with Gasteiger partial charge in [0.05, 0.1) is 0 Å². The van der Waals surface area contributed by atoms with E-state index >= 15 is 0 Å². The van der Waals surface area contributed by atoms with Gasteiger partial charge in [-0.2, -0.15) is 0 Å². The van der Waals surface area contributed by atoms with Gasteiger partial charge in [0.1, 0.15) is 0 Å². The van der Waals surface area contributed by atoms with E-state index in [0.29, 0.717) is 0 Å². The van der Waals surface area contributed by atoms with Crippen molar-refractivity contribution < 1.29 is 0 Å². The Bertz CT molecular complexity index is 656. The number of halogens is 1. The molecule has 0 atom stereocenters. The van der Waals surface area contributed by atoms with Gasteiger partial charge in [0.25, 0.3) is 0 Å². The Hall–Kier alpha value is -1.74. The second-order valence-electron chi connectivity index (χ2n) is 4.26. The molecule has 0 bridgehead atoms. The zero-order chi connectivity index (χ0) is 12.4. The fraction of sp³-hybridized carbons (Fsp3) is 0.0667. The number of H-pyrrole nitrogens is 1. The minimum absolute atomic E-state index is 0.830. The van der Waals surface area contributed by atoms with Crippen molar-refractivity contribution in [2.75, 3.05) is 5.32 Å². The average molecular weight is 301 g/mol.